The van der Waals surface area contributed by atoms with Crippen LogP contribution in [-0.2, 0) is 4.79 Å². The van der Waals surface area contributed by atoms with Crippen LogP contribution in [0, 0.1) is 0 Å². The fourth-order valence-electron chi connectivity index (χ4n) is 3.32. The minimum absolute atomic E-state index is 0.0162. The third kappa shape index (κ3) is 19.7. The quantitative estimate of drug-likeness (QED) is 0.182. The smallest absolute Gasteiger partial charge is 0.220 e. The zero-order valence-electron chi connectivity index (χ0n) is 18.3. The highest BCUT2D eigenvalue weighted by molar-refractivity contribution is 5.76. The molecule has 0 aliphatic heterocycles. The molecular formula is C24H47NO2. The highest BCUT2D eigenvalue weighted by Crippen LogP contribution is 2.12. The van der Waals surface area contributed by atoms with Crippen LogP contribution in [-0.4, -0.2) is 23.7 Å². The molecule has 0 heterocycles. The Hall–Kier alpha value is -0.830. The Morgan fingerprint density at radius 2 is 1.30 bits per heavy atom. The second-order valence-electron chi connectivity index (χ2n) is 7.94. The zero-order chi connectivity index (χ0) is 20.0. The van der Waals surface area contributed by atoms with Gasteiger partial charge in [0.1, 0.15) is 0 Å². The summed E-state index contributed by atoms with van der Waals surface area (Å²) in [7, 11) is 0. The number of carbonyl (C=O) groups excluding carboxylic acids is 1. The first-order valence-corrected chi connectivity index (χ1v) is 11.8. The van der Waals surface area contributed by atoms with E-state index in [4.69, 9.17) is 0 Å². The molecule has 1 unspecified atom stereocenters. The summed E-state index contributed by atoms with van der Waals surface area (Å²) in [5.74, 6) is 0.0706. The van der Waals surface area contributed by atoms with Gasteiger partial charge in [0.05, 0.1) is 12.6 Å². The molecular weight excluding hydrogens is 334 g/mol. The summed E-state index contributed by atoms with van der Waals surface area (Å²) in [5.41, 5.74) is 0. The van der Waals surface area contributed by atoms with Gasteiger partial charge in [-0.15, -0.1) is 0 Å². The van der Waals surface area contributed by atoms with Gasteiger partial charge in [0.2, 0.25) is 5.91 Å². The van der Waals surface area contributed by atoms with Crippen molar-refractivity contribution in [1.82, 2.24) is 5.32 Å². The number of rotatable bonds is 20. The summed E-state index contributed by atoms with van der Waals surface area (Å²) in [6, 6.07) is -0.132. The lowest BCUT2D eigenvalue weighted by Crippen LogP contribution is -2.36. The van der Waals surface area contributed by atoms with Gasteiger partial charge in [-0.3, -0.25) is 4.79 Å². The number of aliphatic hydroxyl groups is 1. The van der Waals surface area contributed by atoms with E-state index in [1.54, 1.807) is 0 Å². The van der Waals surface area contributed by atoms with Crippen molar-refractivity contribution in [3.05, 3.63) is 12.2 Å². The second-order valence-corrected chi connectivity index (χ2v) is 7.94. The van der Waals surface area contributed by atoms with Gasteiger partial charge in [-0.25, -0.2) is 0 Å². The van der Waals surface area contributed by atoms with Gasteiger partial charge >= 0.3 is 0 Å². The molecule has 0 aromatic heterocycles. The minimum atomic E-state index is -0.132. The van der Waals surface area contributed by atoms with Crippen molar-refractivity contribution in [2.75, 3.05) is 6.61 Å². The number of hydrogen-bond donors (Lipinski definition) is 2. The molecule has 0 bridgehead atoms. The van der Waals surface area contributed by atoms with E-state index in [2.05, 4.69) is 31.3 Å². The van der Waals surface area contributed by atoms with Crippen molar-refractivity contribution < 1.29 is 9.90 Å². The maximum atomic E-state index is 11.8. The van der Waals surface area contributed by atoms with Gasteiger partial charge in [-0.05, 0) is 25.7 Å². The minimum Gasteiger partial charge on any atom is -0.394 e. The molecule has 0 aliphatic rings. The number of allylic oxidation sites excluding steroid dienone is 1. The summed E-state index contributed by atoms with van der Waals surface area (Å²) < 4.78 is 0. The van der Waals surface area contributed by atoms with Gasteiger partial charge in [0.15, 0.2) is 0 Å². The van der Waals surface area contributed by atoms with Crippen molar-refractivity contribution in [3.8, 4) is 0 Å². The summed E-state index contributed by atoms with van der Waals surface area (Å²) in [6.07, 6.45) is 25.0. The van der Waals surface area contributed by atoms with Gasteiger partial charge in [-0.2, -0.15) is 0 Å². The summed E-state index contributed by atoms with van der Waals surface area (Å²) in [6.45, 7) is 4.42. The normalized spacial score (nSPS) is 12.6. The fraction of sp³-hybridized carbons (Fsp3) is 0.875. The molecule has 0 aromatic rings. The van der Waals surface area contributed by atoms with Crippen LogP contribution in [0.15, 0.2) is 12.2 Å². The van der Waals surface area contributed by atoms with E-state index in [1.165, 1.54) is 70.6 Å². The molecule has 0 aliphatic carbocycles. The van der Waals surface area contributed by atoms with E-state index in [9.17, 15) is 9.90 Å². The molecule has 2 N–H and O–H groups in total. The standard InChI is InChI=1S/C24H47NO2/c1-3-5-7-8-9-10-11-12-13-14-15-16-17-19-20-23(22-26)25-24(27)21-18-6-4-2/h17,19,23,26H,3-16,18,20-22H2,1-2H3,(H,25,27)/b19-17+. The molecule has 0 spiro atoms. The van der Waals surface area contributed by atoms with Crippen LogP contribution in [0.2, 0.25) is 0 Å². The van der Waals surface area contributed by atoms with Crippen molar-refractivity contribution in [3.63, 3.8) is 0 Å². The van der Waals surface area contributed by atoms with E-state index >= 15 is 0 Å². The van der Waals surface area contributed by atoms with Crippen molar-refractivity contribution in [1.29, 1.82) is 0 Å². The molecule has 0 fully saturated rings. The molecule has 3 heteroatoms. The third-order valence-corrected chi connectivity index (χ3v) is 5.15. The lowest BCUT2D eigenvalue weighted by atomic mass is 10.1. The molecule has 0 radical (unpaired) electrons. The van der Waals surface area contributed by atoms with Gasteiger partial charge in [-0.1, -0.05) is 103 Å². The molecule has 0 saturated carbocycles. The third-order valence-electron chi connectivity index (χ3n) is 5.15. The van der Waals surface area contributed by atoms with Crippen LogP contribution in [0.1, 0.15) is 123 Å². The number of nitrogens with one attached hydrogen (secondary N) is 1. The van der Waals surface area contributed by atoms with Crippen molar-refractivity contribution in [2.45, 2.75) is 129 Å². The molecule has 0 saturated heterocycles. The molecule has 1 atom stereocenters. The SMILES string of the molecule is CCCCCCCCCCCCC/C=C/CC(CO)NC(=O)CCCCC. The maximum Gasteiger partial charge on any atom is 0.220 e. The van der Waals surface area contributed by atoms with Crippen LogP contribution in [0.3, 0.4) is 0 Å². The lowest BCUT2D eigenvalue weighted by molar-refractivity contribution is -0.122. The Morgan fingerprint density at radius 1 is 0.778 bits per heavy atom. The molecule has 0 aromatic carbocycles. The molecule has 27 heavy (non-hydrogen) atoms. The fourth-order valence-corrected chi connectivity index (χ4v) is 3.32. The summed E-state index contributed by atoms with van der Waals surface area (Å²) in [5, 5.41) is 12.3. The first-order valence-electron chi connectivity index (χ1n) is 11.8. The maximum absolute atomic E-state index is 11.8. The monoisotopic (exact) mass is 381 g/mol. The summed E-state index contributed by atoms with van der Waals surface area (Å²) >= 11 is 0. The topological polar surface area (TPSA) is 49.3 Å². The van der Waals surface area contributed by atoms with E-state index in [-0.39, 0.29) is 18.6 Å². The largest absolute Gasteiger partial charge is 0.394 e. The average molecular weight is 382 g/mol. The van der Waals surface area contributed by atoms with Crippen LogP contribution < -0.4 is 5.32 Å². The Bertz CT molecular complexity index is 341. The van der Waals surface area contributed by atoms with E-state index in [0.717, 1.165) is 32.1 Å². The number of aliphatic hydroxyl groups excluding tert-OH is 1. The van der Waals surface area contributed by atoms with Crippen LogP contribution in [0.4, 0.5) is 0 Å². The number of unbranched alkanes of at least 4 members (excludes halogenated alkanes) is 13. The van der Waals surface area contributed by atoms with E-state index in [1.807, 2.05) is 0 Å². The Balaban J connectivity index is 3.47. The molecule has 160 valence electrons. The number of amides is 1. The number of carbonyl (C=O) groups is 1. The zero-order valence-corrected chi connectivity index (χ0v) is 18.3. The predicted octanol–water partition coefficient (Wildman–Crippen LogP) is 6.69. The van der Waals surface area contributed by atoms with Gasteiger partial charge < -0.3 is 10.4 Å². The predicted molar refractivity (Wildman–Crippen MR) is 118 cm³/mol. The Kier molecular flexibility index (Phi) is 20.8. The first-order chi connectivity index (χ1) is 13.2. The van der Waals surface area contributed by atoms with Crippen LogP contribution in [0.5, 0.6) is 0 Å². The second kappa shape index (κ2) is 21.5. The van der Waals surface area contributed by atoms with Crippen LogP contribution in [0.25, 0.3) is 0 Å². The van der Waals surface area contributed by atoms with Gasteiger partial charge in [0, 0.05) is 6.42 Å². The molecule has 0 rings (SSSR count). The Morgan fingerprint density at radius 3 is 1.85 bits per heavy atom. The highest BCUT2D eigenvalue weighted by atomic mass is 16.3. The Labute approximate surface area is 169 Å². The van der Waals surface area contributed by atoms with Crippen molar-refractivity contribution in [2.24, 2.45) is 0 Å². The molecule has 3 nitrogen and oxygen atoms in total. The van der Waals surface area contributed by atoms with E-state index < -0.39 is 0 Å². The van der Waals surface area contributed by atoms with Gasteiger partial charge in [0.25, 0.3) is 0 Å². The van der Waals surface area contributed by atoms with E-state index in [0.29, 0.717) is 6.42 Å². The van der Waals surface area contributed by atoms with Crippen molar-refractivity contribution >= 4 is 5.91 Å². The molecule has 1 amide bonds. The van der Waals surface area contributed by atoms with Crippen LogP contribution >= 0.6 is 0 Å². The summed E-state index contributed by atoms with van der Waals surface area (Å²) in [4.78, 5) is 11.8. The average Bonchev–Trinajstić information content (AvgIpc) is 2.67. The first kappa shape index (κ1) is 26.2. The lowest BCUT2D eigenvalue weighted by Gasteiger charge is -2.14. The highest BCUT2D eigenvalue weighted by Gasteiger charge is 2.09. The number of hydrogen-bond acceptors (Lipinski definition) is 2.